The molecule has 0 radical (unpaired) electrons. The number of nitrogens with one attached hydrogen (secondary N) is 1. The molecule has 0 heterocycles. The summed E-state index contributed by atoms with van der Waals surface area (Å²) < 4.78 is 11.8. The lowest BCUT2D eigenvalue weighted by molar-refractivity contribution is -0.138. The SMILES string of the molecule is NC(CF)=NCCN[C@@H](CS)C(=O)O. The van der Waals surface area contributed by atoms with Crippen LogP contribution in [0.2, 0.25) is 0 Å². The summed E-state index contributed by atoms with van der Waals surface area (Å²) in [5, 5.41) is 11.3. The Balaban J connectivity index is 3.67. The van der Waals surface area contributed by atoms with Crippen LogP contribution in [0.3, 0.4) is 0 Å². The van der Waals surface area contributed by atoms with Crippen molar-refractivity contribution in [2.45, 2.75) is 6.04 Å². The molecule has 0 aliphatic heterocycles. The molecule has 82 valence electrons. The first kappa shape index (κ1) is 13.2. The minimum Gasteiger partial charge on any atom is -0.480 e. The molecule has 0 spiro atoms. The first-order chi connectivity index (χ1) is 6.61. The molecule has 0 aromatic rings. The summed E-state index contributed by atoms with van der Waals surface area (Å²) in [5.74, 6) is -0.857. The molecule has 0 aromatic heterocycles. The number of carboxylic acid groups (broad SMARTS) is 1. The lowest BCUT2D eigenvalue weighted by Gasteiger charge is -2.09. The molecule has 0 aliphatic carbocycles. The van der Waals surface area contributed by atoms with Crippen LogP contribution in [0.25, 0.3) is 0 Å². The Morgan fingerprint density at radius 2 is 2.36 bits per heavy atom. The van der Waals surface area contributed by atoms with Crippen molar-refractivity contribution < 1.29 is 14.3 Å². The van der Waals surface area contributed by atoms with Gasteiger partial charge in [0.1, 0.15) is 18.6 Å². The van der Waals surface area contributed by atoms with E-state index in [1.807, 2.05) is 0 Å². The highest BCUT2D eigenvalue weighted by Crippen LogP contribution is 1.87. The van der Waals surface area contributed by atoms with Gasteiger partial charge in [-0.05, 0) is 0 Å². The number of aliphatic imine (C=N–C) groups is 1. The smallest absolute Gasteiger partial charge is 0.321 e. The molecule has 5 nitrogen and oxygen atoms in total. The van der Waals surface area contributed by atoms with Crippen molar-refractivity contribution in [3.8, 4) is 0 Å². The van der Waals surface area contributed by atoms with Gasteiger partial charge in [-0.25, -0.2) is 4.39 Å². The minimum atomic E-state index is -0.970. The summed E-state index contributed by atoms with van der Waals surface area (Å²) in [5.41, 5.74) is 5.10. The molecule has 0 fully saturated rings. The number of hydrogen-bond acceptors (Lipinski definition) is 4. The maximum atomic E-state index is 11.8. The highest BCUT2D eigenvalue weighted by Gasteiger charge is 2.13. The van der Waals surface area contributed by atoms with Crippen molar-refractivity contribution in [3.63, 3.8) is 0 Å². The zero-order valence-corrected chi connectivity index (χ0v) is 8.51. The van der Waals surface area contributed by atoms with Crippen LogP contribution in [-0.4, -0.2) is 48.5 Å². The number of alkyl halides is 1. The van der Waals surface area contributed by atoms with Gasteiger partial charge in [0.15, 0.2) is 0 Å². The number of hydrogen-bond donors (Lipinski definition) is 4. The van der Waals surface area contributed by atoms with Crippen molar-refractivity contribution >= 4 is 24.4 Å². The van der Waals surface area contributed by atoms with Crippen molar-refractivity contribution in [1.82, 2.24) is 5.32 Å². The standard InChI is InChI=1S/C7H14FN3O2S/c8-3-6(9)11-2-1-10-5(4-14)7(12)13/h5,10,14H,1-4H2,(H2,9,11)(H,12,13)/t5-/m0/s1. The molecular formula is C7H14FN3O2S. The average Bonchev–Trinajstić information content (AvgIpc) is 2.16. The predicted octanol–water partition coefficient (Wildman–Crippen LogP) is -0.714. The molecule has 4 N–H and O–H groups in total. The summed E-state index contributed by atoms with van der Waals surface area (Å²) in [4.78, 5) is 14.1. The Bertz CT molecular complexity index is 213. The van der Waals surface area contributed by atoms with Gasteiger partial charge in [-0.3, -0.25) is 9.79 Å². The molecule has 0 saturated heterocycles. The van der Waals surface area contributed by atoms with Crippen molar-refractivity contribution in [1.29, 1.82) is 0 Å². The van der Waals surface area contributed by atoms with E-state index in [1.165, 1.54) is 0 Å². The number of amidine groups is 1. The summed E-state index contributed by atoms with van der Waals surface area (Å²) in [6.45, 7) is -0.194. The third-order valence-corrected chi connectivity index (χ3v) is 1.80. The third kappa shape index (κ3) is 5.76. The Labute approximate surface area is 87.0 Å². The molecule has 0 amide bonds. The van der Waals surface area contributed by atoms with Crippen LogP contribution < -0.4 is 11.1 Å². The van der Waals surface area contributed by atoms with E-state index in [-0.39, 0.29) is 18.1 Å². The molecule has 0 unspecified atom stereocenters. The molecule has 14 heavy (non-hydrogen) atoms. The molecular weight excluding hydrogens is 209 g/mol. The van der Waals surface area contributed by atoms with Crippen LogP contribution in [-0.2, 0) is 4.79 Å². The van der Waals surface area contributed by atoms with E-state index >= 15 is 0 Å². The molecule has 7 heteroatoms. The lowest BCUT2D eigenvalue weighted by Crippen LogP contribution is -2.39. The van der Waals surface area contributed by atoms with Gasteiger partial charge in [-0.1, -0.05) is 0 Å². The predicted molar refractivity (Wildman–Crippen MR) is 55.7 cm³/mol. The topological polar surface area (TPSA) is 87.7 Å². The second kappa shape index (κ2) is 7.57. The van der Waals surface area contributed by atoms with Gasteiger partial charge in [0.25, 0.3) is 0 Å². The van der Waals surface area contributed by atoms with E-state index in [4.69, 9.17) is 10.8 Å². The van der Waals surface area contributed by atoms with Crippen molar-refractivity contribution in [2.24, 2.45) is 10.7 Å². The Kier molecular flexibility index (Phi) is 7.13. The monoisotopic (exact) mass is 223 g/mol. The van der Waals surface area contributed by atoms with E-state index in [1.54, 1.807) is 0 Å². The first-order valence-electron chi connectivity index (χ1n) is 4.03. The van der Waals surface area contributed by atoms with Gasteiger partial charge in [0.2, 0.25) is 0 Å². The molecule has 0 aromatic carbocycles. The Morgan fingerprint density at radius 1 is 1.71 bits per heavy atom. The maximum Gasteiger partial charge on any atom is 0.321 e. The minimum absolute atomic E-state index is 0.0791. The van der Waals surface area contributed by atoms with Crippen LogP contribution in [0.15, 0.2) is 4.99 Å². The van der Waals surface area contributed by atoms with Crippen LogP contribution in [0.1, 0.15) is 0 Å². The number of thiol groups is 1. The number of halogens is 1. The van der Waals surface area contributed by atoms with E-state index in [0.717, 1.165) is 0 Å². The number of aliphatic carboxylic acids is 1. The molecule has 1 atom stereocenters. The van der Waals surface area contributed by atoms with Gasteiger partial charge in [-0.2, -0.15) is 12.6 Å². The van der Waals surface area contributed by atoms with E-state index in [2.05, 4.69) is 22.9 Å². The first-order valence-corrected chi connectivity index (χ1v) is 4.66. The molecule has 0 saturated carbocycles. The number of carboxylic acids is 1. The Hall–Kier alpha value is -0.820. The van der Waals surface area contributed by atoms with Crippen LogP contribution in [0.5, 0.6) is 0 Å². The van der Waals surface area contributed by atoms with Gasteiger partial charge in [0, 0.05) is 12.3 Å². The number of rotatable bonds is 7. The highest BCUT2D eigenvalue weighted by atomic mass is 32.1. The second-order valence-corrected chi connectivity index (χ2v) is 2.90. The van der Waals surface area contributed by atoms with E-state index in [0.29, 0.717) is 6.54 Å². The summed E-state index contributed by atoms with van der Waals surface area (Å²) in [6.07, 6.45) is 0. The zero-order chi connectivity index (χ0) is 11.0. The summed E-state index contributed by atoms with van der Waals surface area (Å²) >= 11 is 3.85. The number of nitrogens with zero attached hydrogens (tertiary/aromatic N) is 1. The van der Waals surface area contributed by atoms with Crippen LogP contribution >= 0.6 is 12.6 Å². The molecule has 0 bridgehead atoms. The normalized spacial score (nSPS) is 14.0. The zero-order valence-electron chi connectivity index (χ0n) is 7.61. The van der Waals surface area contributed by atoms with E-state index in [9.17, 15) is 9.18 Å². The summed E-state index contributed by atoms with van der Waals surface area (Å²) in [6, 6.07) is -0.708. The Morgan fingerprint density at radius 3 is 2.79 bits per heavy atom. The average molecular weight is 223 g/mol. The van der Waals surface area contributed by atoms with E-state index < -0.39 is 18.7 Å². The fourth-order valence-electron chi connectivity index (χ4n) is 0.710. The van der Waals surface area contributed by atoms with Crippen LogP contribution in [0, 0.1) is 0 Å². The van der Waals surface area contributed by atoms with Crippen molar-refractivity contribution in [3.05, 3.63) is 0 Å². The third-order valence-electron chi connectivity index (χ3n) is 1.44. The lowest BCUT2D eigenvalue weighted by atomic mass is 10.3. The van der Waals surface area contributed by atoms with Gasteiger partial charge in [-0.15, -0.1) is 0 Å². The fraction of sp³-hybridized carbons (Fsp3) is 0.714. The maximum absolute atomic E-state index is 11.8. The quantitative estimate of drug-likeness (QED) is 0.199. The molecule has 0 aliphatic rings. The van der Waals surface area contributed by atoms with Gasteiger partial charge >= 0.3 is 5.97 Å². The van der Waals surface area contributed by atoms with Crippen LogP contribution in [0.4, 0.5) is 4.39 Å². The number of carbonyl (C=O) groups is 1. The largest absolute Gasteiger partial charge is 0.480 e. The fourth-order valence-corrected chi connectivity index (χ4v) is 0.996. The van der Waals surface area contributed by atoms with Gasteiger partial charge < -0.3 is 16.2 Å². The molecule has 0 rings (SSSR count). The second-order valence-electron chi connectivity index (χ2n) is 2.53. The van der Waals surface area contributed by atoms with Crippen molar-refractivity contribution in [2.75, 3.05) is 25.5 Å². The van der Waals surface area contributed by atoms with Gasteiger partial charge in [0.05, 0.1) is 6.54 Å². The summed E-state index contributed by atoms with van der Waals surface area (Å²) in [7, 11) is 0. The highest BCUT2D eigenvalue weighted by molar-refractivity contribution is 7.80. The number of nitrogens with two attached hydrogens (primary N) is 1.